The lowest BCUT2D eigenvalue weighted by molar-refractivity contribution is -0.131. The molecule has 1 heterocycles. The van der Waals surface area contributed by atoms with E-state index in [-0.39, 0.29) is 0 Å². The van der Waals surface area contributed by atoms with Crippen molar-refractivity contribution < 1.29 is 9.90 Å². The van der Waals surface area contributed by atoms with Crippen LogP contribution in [0.3, 0.4) is 0 Å². The quantitative estimate of drug-likeness (QED) is 0.626. The van der Waals surface area contributed by atoms with Gasteiger partial charge in [0.15, 0.2) is 5.82 Å². The molecule has 1 N–H and O–H groups in total. The van der Waals surface area contributed by atoms with Crippen LogP contribution in [-0.4, -0.2) is 21.0 Å². The van der Waals surface area contributed by atoms with Gasteiger partial charge in [0.2, 0.25) is 0 Å². The number of carboxylic acid groups (broad SMARTS) is 1. The molecule has 0 saturated carbocycles. The van der Waals surface area contributed by atoms with Crippen molar-refractivity contribution in [1.29, 1.82) is 0 Å². The fourth-order valence-electron chi connectivity index (χ4n) is 0.543. The summed E-state index contributed by atoms with van der Waals surface area (Å²) in [5, 5.41) is 8.23. The van der Waals surface area contributed by atoms with E-state index < -0.39 is 5.97 Å². The standard InChI is InChI=1S/C7H6N2O2/c10-7(11)3-2-6-8-4-1-5-9-6/h1-5H,(H,10,11)/b3-2-. The molecule has 0 fully saturated rings. The van der Waals surface area contributed by atoms with Crippen LogP contribution in [0.15, 0.2) is 24.5 Å². The number of rotatable bonds is 2. The van der Waals surface area contributed by atoms with Gasteiger partial charge in [-0.15, -0.1) is 0 Å². The molecule has 4 heteroatoms. The Balaban J connectivity index is 2.72. The van der Waals surface area contributed by atoms with Crippen LogP contribution in [0.5, 0.6) is 0 Å². The molecule has 4 nitrogen and oxygen atoms in total. The Morgan fingerprint density at radius 1 is 1.45 bits per heavy atom. The maximum absolute atomic E-state index is 10.0. The number of aliphatic carboxylic acids is 1. The summed E-state index contributed by atoms with van der Waals surface area (Å²) < 4.78 is 0. The Morgan fingerprint density at radius 2 is 2.09 bits per heavy atom. The molecule has 0 aliphatic rings. The second-order valence-corrected chi connectivity index (χ2v) is 1.78. The van der Waals surface area contributed by atoms with E-state index in [1.807, 2.05) is 0 Å². The third kappa shape index (κ3) is 2.57. The molecule has 1 aromatic rings. The molecule has 0 unspecified atom stereocenters. The van der Waals surface area contributed by atoms with Crippen molar-refractivity contribution in [3.63, 3.8) is 0 Å². The van der Waals surface area contributed by atoms with Gasteiger partial charge in [0.25, 0.3) is 0 Å². The van der Waals surface area contributed by atoms with Gasteiger partial charge in [0.05, 0.1) is 0 Å². The lowest BCUT2D eigenvalue weighted by atomic mass is 10.4. The van der Waals surface area contributed by atoms with Gasteiger partial charge < -0.3 is 5.11 Å². The summed E-state index contributed by atoms with van der Waals surface area (Å²) in [5.74, 6) is -0.604. The predicted octanol–water partition coefficient (Wildman–Crippen LogP) is 0.574. The zero-order valence-corrected chi connectivity index (χ0v) is 5.64. The van der Waals surface area contributed by atoms with Gasteiger partial charge in [-0.3, -0.25) is 0 Å². The van der Waals surface area contributed by atoms with E-state index in [1.165, 1.54) is 6.08 Å². The molecule has 0 amide bonds. The monoisotopic (exact) mass is 150 g/mol. The van der Waals surface area contributed by atoms with E-state index in [2.05, 4.69) is 9.97 Å². The van der Waals surface area contributed by atoms with Gasteiger partial charge in [-0.05, 0) is 12.1 Å². The van der Waals surface area contributed by atoms with Crippen molar-refractivity contribution in [2.75, 3.05) is 0 Å². The third-order valence-corrected chi connectivity index (χ3v) is 0.961. The predicted molar refractivity (Wildman–Crippen MR) is 38.7 cm³/mol. The Labute approximate surface area is 63.2 Å². The van der Waals surface area contributed by atoms with Crippen molar-refractivity contribution in [3.05, 3.63) is 30.4 Å². The van der Waals surface area contributed by atoms with E-state index in [4.69, 9.17) is 5.11 Å². The Hall–Kier alpha value is -1.71. The largest absolute Gasteiger partial charge is 0.478 e. The molecule has 56 valence electrons. The number of hydrogen-bond donors (Lipinski definition) is 1. The Bertz CT molecular complexity index is 269. The van der Waals surface area contributed by atoms with Gasteiger partial charge in [-0.25, -0.2) is 14.8 Å². The van der Waals surface area contributed by atoms with Crippen molar-refractivity contribution in [3.8, 4) is 0 Å². The number of carboxylic acids is 1. The fraction of sp³-hybridized carbons (Fsp3) is 0. The van der Waals surface area contributed by atoms with Gasteiger partial charge in [-0.2, -0.15) is 0 Å². The second kappa shape index (κ2) is 3.46. The van der Waals surface area contributed by atoms with Crippen LogP contribution in [-0.2, 0) is 4.79 Å². The summed E-state index contributed by atoms with van der Waals surface area (Å²) in [6, 6.07) is 1.66. The minimum Gasteiger partial charge on any atom is -0.478 e. The first kappa shape index (κ1) is 7.40. The van der Waals surface area contributed by atoms with E-state index in [9.17, 15) is 4.79 Å². The van der Waals surface area contributed by atoms with E-state index in [1.54, 1.807) is 18.5 Å². The highest BCUT2D eigenvalue weighted by molar-refractivity contribution is 5.84. The molecule has 0 bridgehead atoms. The van der Waals surface area contributed by atoms with E-state index in [0.29, 0.717) is 5.82 Å². The number of carbonyl (C=O) groups is 1. The van der Waals surface area contributed by atoms with Crippen LogP contribution in [0.2, 0.25) is 0 Å². The average Bonchev–Trinajstić information content (AvgIpc) is 2.03. The normalized spacial score (nSPS) is 10.2. The van der Waals surface area contributed by atoms with Gasteiger partial charge in [-0.1, -0.05) is 0 Å². The molecular weight excluding hydrogens is 144 g/mol. The van der Waals surface area contributed by atoms with Crippen LogP contribution in [0.25, 0.3) is 6.08 Å². The summed E-state index contributed by atoms with van der Waals surface area (Å²) >= 11 is 0. The number of nitrogens with zero attached hydrogens (tertiary/aromatic N) is 2. The summed E-state index contributed by atoms with van der Waals surface area (Å²) in [6.07, 6.45) is 5.43. The van der Waals surface area contributed by atoms with Crippen LogP contribution in [0.1, 0.15) is 5.82 Å². The number of aromatic nitrogens is 2. The molecule has 1 rings (SSSR count). The van der Waals surface area contributed by atoms with Crippen molar-refractivity contribution in [1.82, 2.24) is 9.97 Å². The summed E-state index contributed by atoms with van der Waals surface area (Å²) in [5.41, 5.74) is 0. The van der Waals surface area contributed by atoms with E-state index >= 15 is 0 Å². The smallest absolute Gasteiger partial charge is 0.328 e. The molecule has 0 spiro atoms. The maximum atomic E-state index is 10.0. The maximum Gasteiger partial charge on any atom is 0.328 e. The van der Waals surface area contributed by atoms with Crippen molar-refractivity contribution >= 4 is 12.0 Å². The van der Waals surface area contributed by atoms with Crippen LogP contribution < -0.4 is 0 Å². The number of hydrogen-bond acceptors (Lipinski definition) is 3. The lowest BCUT2D eigenvalue weighted by Gasteiger charge is -1.86. The molecule has 0 radical (unpaired) electrons. The fourth-order valence-corrected chi connectivity index (χ4v) is 0.543. The molecular formula is C7H6N2O2. The Morgan fingerprint density at radius 3 is 2.64 bits per heavy atom. The van der Waals surface area contributed by atoms with Gasteiger partial charge in [0.1, 0.15) is 0 Å². The SMILES string of the molecule is O=C(O)/C=C\c1ncccn1. The molecule has 1 aromatic heterocycles. The summed E-state index contributed by atoms with van der Waals surface area (Å²) in [6.45, 7) is 0. The Kier molecular flexibility index (Phi) is 2.32. The van der Waals surface area contributed by atoms with Gasteiger partial charge in [0, 0.05) is 18.5 Å². The first-order chi connectivity index (χ1) is 5.29. The highest BCUT2D eigenvalue weighted by atomic mass is 16.4. The molecule has 0 aromatic carbocycles. The van der Waals surface area contributed by atoms with Crippen molar-refractivity contribution in [2.24, 2.45) is 0 Å². The minimum absolute atomic E-state index is 0.398. The minimum atomic E-state index is -1.00. The van der Waals surface area contributed by atoms with Crippen LogP contribution >= 0.6 is 0 Å². The van der Waals surface area contributed by atoms with Crippen LogP contribution in [0, 0.1) is 0 Å². The van der Waals surface area contributed by atoms with E-state index in [0.717, 1.165) is 6.08 Å². The average molecular weight is 150 g/mol. The zero-order valence-electron chi connectivity index (χ0n) is 5.64. The summed E-state index contributed by atoms with van der Waals surface area (Å²) in [4.78, 5) is 17.6. The molecule has 0 aliphatic heterocycles. The van der Waals surface area contributed by atoms with Crippen molar-refractivity contribution in [2.45, 2.75) is 0 Å². The topological polar surface area (TPSA) is 63.1 Å². The first-order valence-corrected chi connectivity index (χ1v) is 2.97. The third-order valence-electron chi connectivity index (χ3n) is 0.961. The molecule has 0 atom stereocenters. The highest BCUT2D eigenvalue weighted by Crippen LogP contribution is 1.89. The molecule has 0 saturated heterocycles. The molecule has 0 aliphatic carbocycles. The first-order valence-electron chi connectivity index (χ1n) is 2.97. The highest BCUT2D eigenvalue weighted by Gasteiger charge is 1.88. The van der Waals surface area contributed by atoms with Gasteiger partial charge >= 0.3 is 5.97 Å². The molecule has 11 heavy (non-hydrogen) atoms. The summed E-state index contributed by atoms with van der Waals surface area (Å²) in [7, 11) is 0. The second-order valence-electron chi connectivity index (χ2n) is 1.78. The van der Waals surface area contributed by atoms with Crippen LogP contribution in [0.4, 0.5) is 0 Å². The lowest BCUT2D eigenvalue weighted by Crippen LogP contribution is -1.88. The zero-order chi connectivity index (χ0) is 8.10.